The smallest absolute Gasteiger partial charge is 0.251 e. The average molecular weight is 385 g/mol. The molecule has 4 rings (SSSR count). The summed E-state index contributed by atoms with van der Waals surface area (Å²) in [6.45, 7) is 7.39. The largest absolute Gasteiger partial charge is 0.365 e. The molecule has 6 nitrogen and oxygen atoms in total. The SMILES string of the molecule is CC1CCCC(OC(C)C(=O)N2CCCN(c3nc4ccccc4[nH]3)CC2)C1. The third kappa shape index (κ3) is 4.32. The van der Waals surface area contributed by atoms with Gasteiger partial charge in [-0.05, 0) is 44.2 Å². The molecule has 0 bridgehead atoms. The Labute approximate surface area is 167 Å². The number of H-pyrrole nitrogens is 1. The van der Waals surface area contributed by atoms with Crippen molar-refractivity contribution >= 4 is 22.9 Å². The molecule has 0 spiro atoms. The van der Waals surface area contributed by atoms with Gasteiger partial charge in [0, 0.05) is 26.2 Å². The van der Waals surface area contributed by atoms with Crippen LogP contribution >= 0.6 is 0 Å². The molecule has 2 aromatic rings. The summed E-state index contributed by atoms with van der Waals surface area (Å²) in [5.74, 6) is 1.73. The second-order valence-electron chi connectivity index (χ2n) is 8.42. The molecule has 1 aromatic heterocycles. The van der Waals surface area contributed by atoms with E-state index < -0.39 is 0 Å². The fourth-order valence-electron chi connectivity index (χ4n) is 4.54. The molecule has 3 atom stereocenters. The monoisotopic (exact) mass is 384 g/mol. The Morgan fingerprint density at radius 2 is 2.04 bits per heavy atom. The lowest BCUT2D eigenvalue weighted by Gasteiger charge is -2.31. The van der Waals surface area contributed by atoms with Crippen molar-refractivity contribution in [2.75, 3.05) is 31.1 Å². The zero-order valence-corrected chi connectivity index (χ0v) is 17.1. The molecule has 1 saturated heterocycles. The fraction of sp³-hybridized carbons (Fsp3) is 0.636. The highest BCUT2D eigenvalue weighted by Crippen LogP contribution is 2.27. The zero-order valence-electron chi connectivity index (χ0n) is 17.1. The van der Waals surface area contributed by atoms with Gasteiger partial charge in [-0.3, -0.25) is 4.79 Å². The number of hydrogen-bond acceptors (Lipinski definition) is 4. The Morgan fingerprint density at radius 3 is 2.86 bits per heavy atom. The van der Waals surface area contributed by atoms with Crippen molar-refractivity contribution in [1.82, 2.24) is 14.9 Å². The first-order chi connectivity index (χ1) is 13.6. The molecule has 152 valence electrons. The lowest BCUT2D eigenvalue weighted by atomic mass is 9.88. The maximum Gasteiger partial charge on any atom is 0.251 e. The summed E-state index contributed by atoms with van der Waals surface area (Å²) in [5.41, 5.74) is 2.04. The predicted molar refractivity (Wildman–Crippen MR) is 111 cm³/mol. The Morgan fingerprint density at radius 1 is 1.18 bits per heavy atom. The number of nitrogens with one attached hydrogen (secondary N) is 1. The highest BCUT2D eigenvalue weighted by Gasteiger charge is 2.28. The van der Waals surface area contributed by atoms with Gasteiger partial charge in [-0.15, -0.1) is 0 Å². The molecular formula is C22H32N4O2. The summed E-state index contributed by atoms with van der Waals surface area (Å²) in [7, 11) is 0. The van der Waals surface area contributed by atoms with Crippen LogP contribution in [0.25, 0.3) is 11.0 Å². The van der Waals surface area contributed by atoms with Crippen molar-refractivity contribution in [3.8, 4) is 0 Å². The van der Waals surface area contributed by atoms with Crippen molar-refractivity contribution in [1.29, 1.82) is 0 Å². The van der Waals surface area contributed by atoms with Crippen molar-refractivity contribution in [3.05, 3.63) is 24.3 Å². The van der Waals surface area contributed by atoms with Crippen LogP contribution in [0.3, 0.4) is 0 Å². The minimum absolute atomic E-state index is 0.129. The quantitative estimate of drug-likeness (QED) is 0.875. The summed E-state index contributed by atoms with van der Waals surface area (Å²) >= 11 is 0. The number of hydrogen-bond donors (Lipinski definition) is 1. The van der Waals surface area contributed by atoms with E-state index in [4.69, 9.17) is 9.72 Å². The number of amides is 1. The van der Waals surface area contributed by atoms with Gasteiger partial charge >= 0.3 is 0 Å². The average Bonchev–Trinajstić information content (AvgIpc) is 2.97. The number of anilines is 1. The maximum absolute atomic E-state index is 12.9. The van der Waals surface area contributed by atoms with Gasteiger partial charge in [0.15, 0.2) is 0 Å². The maximum atomic E-state index is 12.9. The first kappa shape index (κ1) is 19.2. The number of carbonyl (C=O) groups is 1. The van der Waals surface area contributed by atoms with Crippen LogP contribution in [-0.4, -0.2) is 59.2 Å². The topological polar surface area (TPSA) is 61.5 Å². The molecule has 1 saturated carbocycles. The van der Waals surface area contributed by atoms with E-state index in [0.29, 0.717) is 12.5 Å². The van der Waals surface area contributed by atoms with Crippen molar-refractivity contribution in [2.45, 2.75) is 58.2 Å². The number of fused-ring (bicyclic) bond motifs is 1. The molecule has 6 heteroatoms. The van der Waals surface area contributed by atoms with Crippen LogP contribution in [0.5, 0.6) is 0 Å². The van der Waals surface area contributed by atoms with Gasteiger partial charge in [0.2, 0.25) is 5.95 Å². The minimum atomic E-state index is -0.354. The van der Waals surface area contributed by atoms with Crippen LogP contribution in [0.15, 0.2) is 24.3 Å². The number of benzene rings is 1. The second kappa shape index (κ2) is 8.52. The zero-order chi connectivity index (χ0) is 19.5. The van der Waals surface area contributed by atoms with E-state index in [-0.39, 0.29) is 18.1 Å². The van der Waals surface area contributed by atoms with E-state index in [1.54, 1.807) is 0 Å². The van der Waals surface area contributed by atoms with Gasteiger partial charge in [0.05, 0.1) is 17.1 Å². The molecule has 1 amide bonds. The second-order valence-corrected chi connectivity index (χ2v) is 8.42. The van der Waals surface area contributed by atoms with Gasteiger partial charge in [0.25, 0.3) is 5.91 Å². The lowest BCUT2D eigenvalue weighted by molar-refractivity contribution is -0.147. The van der Waals surface area contributed by atoms with E-state index in [0.717, 1.165) is 55.9 Å². The number of para-hydroxylation sites is 2. The lowest BCUT2D eigenvalue weighted by Crippen LogP contribution is -2.43. The molecule has 1 N–H and O–H groups in total. The van der Waals surface area contributed by atoms with E-state index in [9.17, 15) is 4.79 Å². The molecule has 2 heterocycles. The highest BCUT2D eigenvalue weighted by molar-refractivity contribution is 5.81. The number of aromatic nitrogens is 2. The molecule has 2 aliphatic rings. The van der Waals surface area contributed by atoms with Crippen LogP contribution in [0, 0.1) is 5.92 Å². The fourth-order valence-corrected chi connectivity index (χ4v) is 4.54. The number of aromatic amines is 1. The molecule has 1 aliphatic carbocycles. The van der Waals surface area contributed by atoms with Gasteiger partial charge < -0.3 is 19.5 Å². The number of carbonyl (C=O) groups excluding carboxylic acids is 1. The number of ether oxygens (including phenoxy) is 1. The summed E-state index contributed by atoms with van der Waals surface area (Å²) in [6.07, 6.45) is 5.49. The van der Waals surface area contributed by atoms with Gasteiger partial charge in [-0.1, -0.05) is 31.9 Å². The summed E-state index contributed by atoms with van der Waals surface area (Å²) in [4.78, 5) is 25.3. The van der Waals surface area contributed by atoms with Crippen LogP contribution in [-0.2, 0) is 9.53 Å². The molecule has 2 fully saturated rings. The molecule has 1 aliphatic heterocycles. The van der Waals surface area contributed by atoms with Crippen LogP contribution in [0.2, 0.25) is 0 Å². The molecular weight excluding hydrogens is 352 g/mol. The Kier molecular flexibility index (Phi) is 5.85. The summed E-state index contributed by atoms with van der Waals surface area (Å²) < 4.78 is 6.15. The first-order valence-corrected chi connectivity index (χ1v) is 10.7. The standard InChI is InChI=1S/C22H32N4O2/c1-16-7-5-8-18(15-16)28-17(2)21(27)25-11-6-12-26(14-13-25)22-23-19-9-3-4-10-20(19)24-22/h3-4,9-10,16-18H,5-8,11-15H2,1-2H3,(H,23,24). The minimum Gasteiger partial charge on any atom is -0.365 e. The number of rotatable bonds is 4. The van der Waals surface area contributed by atoms with Crippen molar-refractivity contribution in [2.24, 2.45) is 5.92 Å². The van der Waals surface area contributed by atoms with Crippen molar-refractivity contribution in [3.63, 3.8) is 0 Å². The summed E-state index contributed by atoms with van der Waals surface area (Å²) in [5, 5.41) is 0. The van der Waals surface area contributed by atoms with Crippen LogP contribution in [0.1, 0.15) is 46.0 Å². The molecule has 0 radical (unpaired) electrons. The van der Waals surface area contributed by atoms with Crippen LogP contribution < -0.4 is 4.90 Å². The first-order valence-electron chi connectivity index (χ1n) is 10.7. The van der Waals surface area contributed by atoms with E-state index in [1.165, 1.54) is 12.8 Å². The van der Waals surface area contributed by atoms with E-state index in [1.807, 2.05) is 36.1 Å². The van der Waals surface area contributed by atoms with E-state index in [2.05, 4.69) is 16.8 Å². The Bertz CT molecular complexity index is 772. The van der Waals surface area contributed by atoms with Crippen molar-refractivity contribution < 1.29 is 9.53 Å². The molecule has 1 aromatic carbocycles. The van der Waals surface area contributed by atoms with Gasteiger partial charge in [0.1, 0.15) is 6.10 Å². The Hall–Kier alpha value is -2.08. The number of nitrogens with zero attached hydrogens (tertiary/aromatic N) is 3. The highest BCUT2D eigenvalue weighted by atomic mass is 16.5. The van der Waals surface area contributed by atoms with E-state index >= 15 is 0 Å². The number of imidazole rings is 1. The Balaban J connectivity index is 1.34. The normalized spacial score (nSPS) is 24.9. The molecule has 28 heavy (non-hydrogen) atoms. The van der Waals surface area contributed by atoms with Gasteiger partial charge in [-0.25, -0.2) is 4.98 Å². The predicted octanol–water partition coefficient (Wildman–Crippen LogP) is 3.59. The molecule has 3 unspecified atom stereocenters. The third-order valence-electron chi connectivity index (χ3n) is 6.12. The van der Waals surface area contributed by atoms with Crippen LogP contribution in [0.4, 0.5) is 5.95 Å². The van der Waals surface area contributed by atoms with Gasteiger partial charge in [-0.2, -0.15) is 0 Å². The third-order valence-corrected chi connectivity index (χ3v) is 6.12. The summed E-state index contributed by atoms with van der Waals surface area (Å²) in [6, 6.07) is 8.09.